The fourth-order valence-electron chi connectivity index (χ4n) is 2.58. The topological polar surface area (TPSA) is 40.5 Å². The average molecular weight is 247 g/mol. The molecule has 0 atom stereocenters. The number of hydrogen-bond acceptors (Lipinski definition) is 2. The zero-order chi connectivity index (χ0) is 12.8. The number of carboxylic acids is 1. The van der Waals surface area contributed by atoms with Crippen LogP contribution in [0.25, 0.3) is 0 Å². The minimum absolute atomic E-state index is 0.444. The zero-order valence-corrected chi connectivity index (χ0v) is 10.8. The number of likely N-dealkylation sites (tertiary alicyclic amines) is 1. The first-order chi connectivity index (χ1) is 8.77. The van der Waals surface area contributed by atoms with E-state index in [2.05, 4.69) is 4.90 Å². The Morgan fingerprint density at radius 2 is 1.67 bits per heavy atom. The molecule has 98 valence electrons. The van der Waals surface area contributed by atoms with Crippen molar-refractivity contribution in [3.63, 3.8) is 0 Å². The quantitative estimate of drug-likeness (QED) is 0.892. The summed E-state index contributed by atoms with van der Waals surface area (Å²) >= 11 is 0. The molecule has 0 spiro atoms. The maximum absolute atomic E-state index is 11.2. The van der Waals surface area contributed by atoms with Crippen molar-refractivity contribution >= 4 is 5.97 Å². The van der Waals surface area contributed by atoms with Crippen molar-refractivity contribution in [1.29, 1.82) is 0 Å². The first kappa shape index (κ1) is 13.1. The normalized spacial score (nSPS) is 18.0. The number of rotatable bonds is 3. The van der Waals surface area contributed by atoms with E-state index in [4.69, 9.17) is 0 Å². The minimum Gasteiger partial charge on any atom is -0.478 e. The molecule has 0 aromatic heterocycles. The summed E-state index contributed by atoms with van der Waals surface area (Å²) in [5.41, 5.74) is 1.38. The molecule has 0 bridgehead atoms. The van der Waals surface area contributed by atoms with Crippen molar-refractivity contribution in [2.24, 2.45) is 0 Å². The lowest BCUT2D eigenvalue weighted by molar-refractivity contribution is 0.0694. The van der Waals surface area contributed by atoms with E-state index in [9.17, 15) is 9.90 Å². The van der Waals surface area contributed by atoms with Gasteiger partial charge in [-0.3, -0.25) is 4.90 Å². The molecule has 1 N–H and O–H groups in total. The summed E-state index contributed by atoms with van der Waals surface area (Å²) in [6.07, 6.45) is 6.41. The van der Waals surface area contributed by atoms with Crippen molar-refractivity contribution in [3.8, 4) is 0 Å². The van der Waals surface area contributed by atoms with Gasteiger partial charge in [-0.1, -0.05) is 37.5 Å². The van der Waals surface area contributed by atoms with Crippen molar-refractivity contribution in [2.45, 2.75) is 38.6 Å². The van der Waals surface area contributed by atoms with Crippen LogP contribution in [0.1, 0.15) is 48.0 Å². The predicted molar refractivity (Wildman–Crippen MR) is 71.8 cm³/mol. The Balaban J connectivity index is 2.05. The first-order valence-corrected chi connectivity index (χ1v) is 6.81. The molecule has 0 aliphatic carbocycles. The molecule has 0 unspecified atom stereocenters. The third kappa shape index (κ3) is 3.57. The predicted octanol–water partition coefficient (Wildman–Crippen LogP) is 3.15. The number of benzene rings is 1. The fourth-order valence-corrected chi connectivity index (χ4v) is 2.58. The van der Waals surface area contributed by atoms with E-state index in [1.54, 1.807) is 12.1 Å². The number of carboxylic acid groups (broad SMARTS) is 1. The maximum atomic E-state index is 11.2. The summed E-state index contributed by atoms with van der Waals surface area (Å²) in [6.45, 7) is 2.95. The number of aromatic carboxylic acids is 1. The Hall–Kier alpha value is -1.35. The highest BCUT2D eigenvalue weighted by Gasteiger charge is 2.13. The van der Waals surface area contributed by atoms with Gasteiger partial charge in [-0.2, -0.15) is 0 Å². The number of hydrogen-bond donors (Lipinski definition) is 1. The van der Waals surface area contributed by atoms with Crippen molar-refractivity contribution < 1.29 is 9.90 Å². The van der Waals surface area contributed by atoms with Crippen LogP contribution in [0.2, 0.25) is 0 Å². The second kappa shape index (κ2) is 6.55. The minimum atomic E-state index is -0.822. The van der Waals surface area contributed by atoms with Crippen LogP contribution >= 0.6 is 0 Å². The lowest BCUT2D eigenvalue weighted by Crippen LogP contribution is -2.27. The molecule has 0 amide bonds. The Morgan fingerprint density at radius 1 is 1.06 bits per heavy atom. The van der Waals surface area contributed by atoms with E-state index >= 15 is 0 Å². The van der Waals surface area contributed by atoms with Gasteiger partial charge in [-0.15, -0.1) is 0 Å². The lowest BCUT2D eigenvalue weighted by atomic mass is 10.0. The van der Waals surface area contributed by atoms with Gasteiger partial charge in [0.1, 0.15) is 0 Å². The van der Waals surface area contributed by atoms with Gasteiger partial charge in [0.05, 0.1) is 5.56 Å². The molecule has 0 radical (unpaired) electrons. The zero-order valence-electron chi connectivity index (χ0n) is 10.8. The van der Waals surface area contributed by atoms with Gasteiger partial charge >= 0.3 is 5.97 Å². The average Bonchev–Trinajstić information content (AvgIpc) is 2.33. The molecule has 1 heterocycles. The summed E-state index contributed by atoms with van der Waals surface area (Å²) < 4.78 is 0. The highest BCUT2D eigenvalue weighted by atomic mass is 16.4. The monoisotopic (exact) mass is 247 g/mol. The van der Waals surface area contributed by atoms with Crippen molar-refractivity contribution in [1.82, 2.24) is 4.90 Å². The van der Waals surface area contributed by atoms with E-state index in [-0.39, 0.29) is 0 Å². The summed E-state index contributed by atoms with van der Waals surface area (Å²) in [4.78, 5) is 13.6. The largest absolute Gasteiger partial charge is 0.478 e. The molecular formula is C15H21NO2. The smallest absolute Gasteiger partial charge is 0.336 e. The van der Waals surface area contributed by atoms with Gasteiger partial charge in [0.2, 0.25) is 0 Å². The molecule has 1 aliphatic rings. The Kier molecular flexibility index (Phi) is 4.76. The maximum Gasteiger partial charge on any atom is 0.336 e. The van der Waals surface area contributed by atoms with E-state index in [0.717, 1.165) is 25.2 Å². The molecule has 1 aliphatic heterocycles. The third-order valence-electron chi connectivity index (χ3n) is 3.59. The van der Waals surface area contributed by atoms with Gasteiger partial charge < -0.3 is 5.11 Å². The molecule has 1 aromatic rings. The molecule has 1 aromatic carbocycles. The van der Waals surface area contributed by atoms with Crippen LogP contribution in [0.4, 0.5) is 0 Å². The van der Waals surface area contributed by atoms with E-state index < -0.39 is 5.97 Å². The van der Waals surface area contributed by atoms with Crippen LogP contribution in [0, 0.1) is 0 Å². The van der Waals surface area contributed by atoms with Crippen LogP contribution in [0.3, 0.4) is 0 Å². The Morgan fingerprint density at radius 3 is 2.33 bits per heavy atom. The molecule has 1 fully saturated rings. The van der Waals surface area contributed by atoms with Crippen LogP contribution in [0.5, 0.6) is 0 Å². The molecule has 18 heavy (non-hydrogen) atoms. The van der Waals surface area contributed by atoms with Crippen LogP contribution in [-0.2, 0) is 6.54 Å². The van der Waals surface area contributed by atoms with Gasteiger partial charge in [-0.25, -0.2) is 4.79 Å². The fraction of sp³-hybridized carbons (Fsp3) is 0.533. The first-order valence-electron chi connectivity index (χ1n) is 6.81. The lowest BCUT2D eigenvalue weighted by Gasteiger charge is -2.25. The highest BCUT2D eigenvalue weighted by molar-refractivity contribution is 5.89. The molecular weight excluding hydrogens is 226 g/mol. The van der Waals surface area contributed by atoms with E-state index in [0.29, 0.717) is 5.56 Å². The highest BCUT2D eigenvalue weighted by Crippen LogP contribution is 2.16. The summed E-state index contributed by atoms with van der Waals surface area (Å²) in [6, 6.07) is 7.34. The standard InChI is InChI=1S/C15H21NO2/c17-15(18)14-9-5-4-8-13(14)12-16-10-6-2-1-3-7-11-16/h4-5,8-9H,1-3,6-7,10-12H2,(H,17,18). The van der Waals surface area contributed by atoms with Crippen LogP contribution in [0.15, 0.2) is 24.3 Å². The Labute approximate surface area is 108 Å². The summed E-state index contributed by atoms with van der Waals surface area (Å²) in [7, 11) is 0. The molecule has 2 rings (SSSR count). The number of nitrogens with zero attached hydrogens (tertiary/aromatic N) is 1. The summed E-state index contributed by atoms with van der Waals surface area (Å²) in [5.74, 6) is -0.822. The molecule has 1 saturated heterocycles. The van der Waals surface area contributed by atoms with Crippen molar-refractivity contribution in [3.05, 3.63) is 35.4 Å². The molecule has 3 heteroatoms. The third-order valence-corrected chi connectivity index (χ3v) is 3.59. The van der Waals surface area contributed by atoms with Crippen LogP contribution in [-0.4, -0.2) is 29.1 Å². The van der Waals surface area contributed by atoms with Crippen molar-refractivity contribution in [2.75, 3.05) is 13.1 Å². The molecule has 0 saturated carbocycles. The van der Waals surface area contributed by atoms with E-state index in [1.807, 2.05) is 12.1 Å². The van der Waals surface area contributed by atoms with E-state index in [1.165, 1.54) is 32.1 Å². The van der Waals surface area contributed by atoms with Gasteiger partial charge in [-0.05, 0) is 37.6 Å². The second-order valence-electron chi connectivity index (χ2n) is 5.01. The summed E-state index contributed by atoms with van der Waals surface area (Å²) in [5, 5.41) is 9.18. The van der Waals surface area contributed by atoms with Crippen LogP contribution < -0.4 is 0 Å². The van der Waals surface area contributed by atoms with Gasteiger partial charge in [0.15, 0.2) is 0 Å². The van der Waals surface area contributed by atoms with Gasteiger partial charge in [0, 0.05) is 6.54 Å². The molecule has 3 nitrogen and oxygen atoms in total. The number of carbonyl (C=O) groups is 1. The Bertz CT molecular complexity index is 395. The second-order valence-corrected chi connectivity index (χ2v) is 5.01. The SMILES string of the molecule is O=C(O)c1ccccc1CN1CCCCCCC1. The van der Waals surface area contributed by atoms with Gasteiger partial charge in [0.25, 0.3) is 0 Å².